The van der Waals surface area contributed by atoms with Crippen LogP contribution < -0.4 is 10.1 Å². The van der Waals surface area contributed by atoms with E-state index in [9.17, 15) is 0 Å². The number of hydrogen-bond acceptors (Lipinski definition) is 5. The van der Waals surface area contributed by atoms with Gasteiger partial charge < -0.3 is 10.1 Å². The molecule has 0 saturated heterocycles. The summed E-state index contributed by atoms with van der Waals surface area (Å²) in [4.78, 5) is 13.2. The molecular formula is C15H20N4O. The van der Waals surface area contributed by atoms with E-state index in [1.54, 1.807) is 6.20 Å². The zero-order valence-electron chi connectivity index (χ0n) is 12.4. The maximum Gasteiger partial charge on any atom is 0.227 e. The fourth-order valence-corrected chi connectivity index (χ4v) is 1.82. The predicted molar refractivity (Wildman–Crippen MR) is 79.4 cm³/mol. The topological polar surface area (TPSA) is 59.9 Å². The molecule has 1 N–H and O–H groups in total. The van der Waals surface area contributed by atoms with E-state index in [0.717, 1.165) is 41.6 Å². The molecular weight excluding hydrogens is 252 g/mol. The lowest BCUT2D eigenvalue weighted by Gasteiger charge is -2.14. The first kappa shape index (κ1) is 14.2. The summed E-state index contributed by atoms with van der Waals surface area (Å²) in [6.07, 6.45) is 2.51. The first-order valence-electron chi connectivity index (χ1n) is 6.86. The molecule has 0 bridgehead atoms. The van der Waals surface area contributed by atoms with E-state index in [4.69, 9.17) is 4.74 Å². The molecule has 0 saturated carbocycles. The lowest BCUT2D eigenvalue weighted by Crippen LogP contribution is -2.07. The molecule has 2 aromatic heterocycles. The molecule has 0 amide bonds. The molecule has 0 fully saturated rings. The Morgan fingerprint density at radius 3 is 2.65 bits per heavy atom. The zero-order valence-corrected chi connectivity index (χ0v) is 12.4. The molecule has 5 heteroatoms. The van der Waals surface area contributed by atoms with E-state index in [1.165, 1.54) is 0 Å². The summed E-state index contributed by atoms with van der Waals surface area (Å²) in [5.74, 6) is 2.90. The van der Waals surface area contributed by atoms with Gasteiger partial charge in [-0.1, -0.05) is 6.92 Å². The molecule has 20 heavy (non-hydrogen) atoms. The van der Waals surface area contributed by atoms with Gasteiger partial charge in [-0.3, -0.25) is 4.98 Å². The Morgan fingerprint density at radius 2 is 2.00 bits per heavy atom. The van der Waals surface area contributed by atoms with E-state index in [-0.39, 0.29) is 0 Å². The second-order valence-electron chi connectivity index (χ2n) is 4.49. The highest BCUT2D eigenvalue weighted by Crippen LogP contribution is 2.28. The number of pyridine rings is 1. The van der Waals surface area contributed by atoms with Crippen LogP contribution in [0.15, 0.2) is 18.3 Å². The predicted octanol–water partition coefficient (Wildman–Crippen LogP) is 3.27. The van der Waals surface area contributed by atoms with Crippen molar-refractivity contribution in [1.29, 1.82) is 0 Å². The summed E-state index contributed by atoms with van der Waals surface area (Å²) in [5, 5.41) is 3.24. The van der Waals surface area contributed by atoms with Gasteiger partial charge in [0.2, 0.25) is 5.88 Å². The van der Waals surface area contributed by atoms with E-state index in [0.29, 0.717) is 5.88 Å². The molecule has 5 nitrogen and oxygen atoms in total. The summed E-state index contributed by atoms with van der Waals surface area (Å²) in [7, 11) is 0. The molecule has 0 aliphatic carbocycles. The highest BCUT2D eigenvalue weighted by atomic mass is 16.5. The number of nitrogens with zero attached hydrogens (tertiary/aromatic N) is 3. The molecule has 2 rings (SSSR count). The van der Waals surface area contributed by atoms with Gasteiger partial charge in [0.15, 0.2) is 5.75 Å². The van der Waals surface area contributed by atoms with Gasteiger partial charge >= 0.3 is 0 Å². The minimum absolute atomic E-state index is 0.587. The average molecular weight is 272 g/mol. The average Bonchev–Trinajstić information content (AvgIpc) is 2.45. The van der Waals surface area contributed by atoms with Crippen LogP contribution in [0, 0.1) is 13.8 Å². The normalized spacial score (nSPS) is 10.4. The quantitative estimate of drug-likeness (QED) is 0.905. The lowest BCUT2D eigenvalue weighted by molar-refractivity contribution is 0.449. The van der Waals surface area contributed by atoms with Gasteiger partial charge in [-0.25, -0.2) is 4.98 Å². The molecule has 0 aliphatic rings. The van der Waals surface area contributed by atoms with Crippen LogP contribution in [-0.2, 0) is 6.42 Å². The number of rotatable bonds is 5. The molecule has 0 aliphatic heterocycles. The summed E-state index contributed by atoms with van der Waals surface area (Å²) in [6, 6.07) is 3.74. The second kappa shape index (κ2) is 6.32. The van der Waals surface area contributed by atoms with Crippen molar-refractivity contribution in [1.82, 2.24) is 15.0 Å². The van der Waals surface area contributed by atoms with Crippen LogP contribution in [0.25, 0.3) is 0 Å². The maximum atomic E-state index is 5.92. The van der Waals surface area contributed by atoms with E-state index >= 15 is 0 Å². The van der Waals surface area contributed by atoms with Gasteiger partial charge in [0.05, 0.1) is 11.3 Å². The van der Waals surface area contributed by atoms with Crippen LogP contribution in [0.3, 0.4) is 0 Å². The van der Waals surface area contributed by atoms with Crippen molar-refractivity contribution < 1.29 is 4.74 Å². The summed E-state index contributed by atoms with van der Waals surface area (Å²) < 4.78 is 5.92. The Morgan fingerprint density at radius 1 is 1.20 bits per heavy atom. The minimum atomic E-state index is 0.587. The SMILES string of the molecule is CCNc1nc(CC)nc(Oc2cccnc2C)c1C. The Balaban J connectivity index is 2.40. The first-order valence-corrected chi connectivity index (χ1v) is 6.86. The van der Waals surface area contributed by atoms with Crippen LogP contribution in [0.5, 0.6) is 11.6 Å². The number of aromatic nitrogens is 3. The van der Waals surface area contributed by atoms with Crippen molar-refractivity contribution in [3.8, 4) is 11.6 Å². The van der Waals surface area contributed by atoms with Crippen molar-refractivity contribution >= 4 is 5.82 Å². The van der Waals surface area contributed by atoms with Crippen molar-refractivity contribution in [2.45, 2.75) is 34.1 Å². The highest BCUT2D eigenvalue weighted by molar-refractivity contribution is 5.49. The van der Waals surface area contributed by atoms with Gasteiger partial charge in [0.25, 0.3) is 0 Å². The summed E-state index contributed by atoms with van der Waals surface area (Å²) >= 11 is 0. The number of ether oxygens (including phenoxy) is 1. The van der Waals surface area contributed by atoms with E-state index in [1.807, 2.05) is 39.8 Å². The second-order valence-corrected chi connectivity index (χ2v) is 4.49. The Bertz CT molecular complexity index is 598. The lowest BCUT2D eigenvalue weighted by atomic mass is 10.3. The third-order valence-corrected chi connectivity index (χ3v) is 2.97. The molecule has 0 atom stereocenters. The Labute approximate surface area is 119 Å². The molecule has 0 spiro atoms. The molecule has 0 unspecified atom stereocenters. The van der Waals surface area contributed by atoms with Gasteiger partial charge in [-0.05, 0) is 32.9 Å². The van der Waals surface area contributed by atoms with Crippen LogP contribution in [0.4, 0.5) is 5.82 Å². The third kappa shape index (κ3) is 3.04. The fraction of sp³-hybridized carbons (Fsp3) is 0.400. The number of aryl methyl sites for hydroxylation is 2. The van der Waals surface area contributed by atoms with Crippen molar-refractivity contribution in [3.05, 3.63) is 35.4 Å². The highest BCUT2D eigenvalue weighted by Gasteiger charge is 2.12. The van der Waals surface area contributed by atoms with E-state index in [2.05, 4.69) is 20.3 Å². The molecule has 0 aromatic carbocycles. The Kier molecular flexibility index (Phi) is 4.50. The van der Waals surface area contributed by atoms with Crippen molar-refractivity contribution in [3.63, 3.8) is 0 Å². The summed E-state index contributed by atoms with van der Waals surface area (Å²) in [5.41, 5.74) is 1.75. The fourth-order valence-electron chi connectivity index (χ4n) is 1.82. The molecule has 2 aromatic rings. The van der Waals surface area contributed by atoms with Crippen LogP contribution in [-0.4, -0.2) is 21.5 Å². The molecule has 0 radical (unpaired) electrons. The Hall–Kier alpha value is -2.17. The largest absolute Gasteiger partial charge is 0.437 e. The van der Waals surface area contributed by atoms with Gasteiger partial charge in [0.1, 0.15) is 11.6 Å². The maximum absolute atomic E-state index is 5.92. The minimum Gasteiger partial charge on any atom is -0.437 e. The van der Waals surface area contributed by atoms with Crippen molar-refractivity contribution in [2.75, 3.05) is 11.9 Å². The summed E-state index contributed by atoms with van der Waals surface area (Å²) in [6.45, 7) is 8.75. The van der Waals surface area contributed by atoms with Crippen LogP contribution >= 0.6 is 0 Å². The monoisotopic (exact) mass is 272 g/mol. The third-order valence-electron chi connectivity index (χ3n) is 2.97. The molecule has 2 heterocycles. The van der Waals surface area contributed by atoms with Gasteiger partial charge in [-0.2, -0.15) is 4.98 Å². The number of anilines is 1. The number of nitrogens with one attached hydrogen (secondary N) is 1. The standard InChI is InChI=1S/C15H20N4O/c1-5-13-18-14(16-6-2)10(3)15(19-13)20-12-8-7-9-17-11(12)4/h7-9H,5-6H2,1-4H3,(H,16,18,19). The number of hydrogen-bond donors (Lipinski definition) is 1. The van der Waals surface area contributed by atoms with E-state index < -0.39 is 0 Å². The van der Waals surface area contributed by atoms with Crippen LogP contribution in [0.1, 0.15) is 30.9 Å². The zero-order chi connectivity index (χ0) is 14.5. The van der Waals surface area contributed by atoms with Crippen LogP contribution in [0.2, 0.25) is 0 Å². The van der Waals surface area contributed by atoms with Gasteiger partial charge in [0, 0.05) is 19.2 Å². The van der Waals surface area contributed by atoms with Gasteiger partial charge in [-0.15, -0.1) is 0 Å². The smallest absolute Gasteiger partial charge is 0.227 e. The molecule has 106 valence electrons. The van der Waals surface area contributed by atoms with Crippen molar-refractivity contribution in [2.24, 2.45) is 0 Å². The first-order chi connectivity index (χ1) is 9.65.